The molecule has 0 aliphatic heterocycles. The molecule has 2 rings (SSSR count). The van der Waals surface area contributed by atoms with Crippen molar-refractivity contribution in [1.82, 2.24) is 5.32 Å². The van der Waals surface area contributed by atoms with Crippen molar-refractivity contribution in [2.45, 2.75) is 63.8 Å². The molecule has 2 saturated carbocycles. The number of hydrogen-bond acceptors (Lipinski definition) is 2. The zero-order valence-electron chi connectivity index (χ0n) is 10.8. The Balaban J connectivity index is 1.87. The lowest BCUT2D eigenvalue weighted by Gasteiger charge is -2.29. The van der Waals surface area contributed by atoms with Crippen LogP contribution in [0.1, 0.15) is 57.8 Å². The van der Waals surface area contributed by atoms with E-state index in [-0.39, 0.29) is 5.92 Å². The van der Waals surface area contributed by atoms with Crippen LogP contribution in [0.2, 0.25) is 0 Å². The topological polar surface area (TPSA) is 55.1 Å². The zero-order chi connectivity index (χ0) is 12.1. The maximum atomic E-state index is 12.2. The summed E-state index contributed by atoms with van der Waals surface area (Å²) in [4.78, 5) is 12.2. The summed E-state index contributed by atoms with van der Waals surface area (Å²) in [5.41, 5.74) is 5.59. The van der Waals surface area contributed by atoms with Gasteiger partial charge in [-0.3, -0.25) is 4.79 Å². The number of amides is 1. The molecule has 0 aromatic carbocycles. The van der Waals surface area contributed by atoms with Crippen LogP contribution in [0, 0.1) is 11.8 Å². The second-order valence-corrected chi connectivity index (χ2v) is 5.72. The molecule has 1 atom stereocenters. The van der Waals surface area contributed by atoms with E-state index in [9.17, 15) is 4.79 Å². The zero-order valence-corrected chi connectivity index (χ0v) is 10.8. The van der Waals surface area contributed by atoms with Gasteiger partial charge in [-0.25, -0.2) is 0 Å². The summed E-state index contributed by atoms with van der Waals surface area (Å²) in [6, 6.07) is 0.492. The van der Waals surface area contributed by atoms with E-state index in [1.807, 2.05) is 0 Å². The highest BCUT2D eigenvalue weighted by molar-refractivity contribution is 5.79. The molecule has 98 valence electrons. The first-order valence-electron chi connectivity index (χ1n) is 7.31. The largest absolute Gasteiger partial charge is 0.353 e. The van der Waals surface area contributed by atoms with Gasteiger partial charge in [0.2, 0.25) is 5.91 Å². The van der Waals surface area contributed by atoms with E-state index >= 15 is 0 Å². The van der Waals surface area contributed by atoms with Gasteiger partial charge in [-0.05, 0) is 51.0 Å². The number of hydrogen-bond donors (Lipinski definition) is 2. The van der Waals surface area contributed by atoms with Crippen molar-refractivity contribution in [1.29, 1.82) is 0 Å². The van der Waals surface area contributed by atoms with Crippen LogP contribution >= 0.6 is 0 Å². The Kier molecular flexibility index (Phi) is 4.84. The molecule has 3 heteroatoms. The van der Waals surface area contributed by atoms with Gasteiger partial charge >= 0.3 is 0 Å². The van der Waals surface area contributed by atoms with Gasteiger partial charge in [-0.1, -0.05) is 19.3 Å². The van der Waals surface area contributed by atoms with Crippen molar-refractivity contribution in [3.8, 4) is 0 Å². The fourth-order valence-electron chi connectivity index (χ4n) is 2.99. The van der Waals surface area contributed by atoms with Crippen LogP contribution in [0.25, 0.3) is 0 Å². The molecular weight excluding hydrogens is 212 g/mol. The molecule has 3 N–H and O–H groups in total. The van der Waals surface area contributed by atoms with Gasteiger partial charge < -0.3 is 11.1 Å². The lowest BCUT2D eigenvalue weighted by molar-refractivity contribution is -0.127. The summed E-state index contributed by atoms with van der Waals surface area (Å²) < 4.78 is 0. The van der Waals surface area contributed by atoms with Crippen LogP contribution in [-0.2, 0) is 4.79 Å². The average Bonchev–Trinajstić information content (AvgIpc) is 3.15. The van der Waals surface area contributed by atoms with Crippen LogP contribution in [0.5, 0.6) is 0 Å². The van der Waals surface area contributed by atoms with Gasteiger partial charge in [0.1, 0.15) is 0 Å². The predicted octanol–water partition coefficient (Wildman–Crippen LogP) is 2.20. The third-order valence-electron chi connectivity index (χ3n) is 4.20. The van der Waals surface area contributed by atoms with Crippen molar-refractivity contribution in [2.75, 3.05) is 6.54 Å². The normalized spacial score (nSPS) is 23.4. The van der Waals surface area contributed by atoms with Crippen LogP contribution < -0.4 is 11.1 Å². The monoisotopic (exact) mass is 238 g/mol. The molecule has 0 aromatic heterocycles. The molecule has 0 aromatic rings. The van der Waals surface area contributed by atoms with Gasteiger partial charge in [-0.2, -0.15) is 0 Å². The minimum Gasteiger partial charge on any atom is -0.353 e. The summed E-state index contributed by atoms with van der Waals surface area (Å²) >= 11 is 0. The Hall–Kier alpha value is -0.570. The van der Waals surface area contributed by atoms with Crippen molar-refractivity contribution in [3.05, 3.63) is 0 Å². The van der Waals surface area contributed by atoms with Crippen molar-refractivity contribution in [2.24, 2.45) is 17.6 Å². The molecule has 0 radical (unpaired) electrons. The smallest absolute Gasteiger partial charge is 0.223 e. The third-order valence-corrected chi connectivity index (χ3v) is 4.20. The predicted molar refractivity (Wildman–Crippen MR) is 69.5 cm³/mol. The highest BCUT2D eigenvalue weighted by atomic mass is 16.2. The number of carbonyl (C=O) groups is 1. The summed E-state index contributed by atoms with van der Waals surface area (Å²) in [5.74, 6) is 1.17. The maximum absolute atomic E-state index is 12.2. The molecule has 2 fully saturated rings. The lowest BCUT2D eigenvalue weighted by atomic mass is 9.77. The standard InChI is InChI=1S/C14H26N2O/c15-10-4-7-13(11-5-2-1-3-6-11)14(17)16-12-8-9-12/h11-13H,1-10,15H2,(H,16,17). The van der Waals surface area contributed by atoms with Gasteiger partial charge in [-0.15, -0.1) is 0 Å². The molecule has 1 amide bonds. The van der Waals surface area contributed by atoms with E-state index < -0.39 is 0 Å². The molecule has 0 spiro atoms. The molecular formula is C14H26N2O. The highest BCUT2D eigenvalue weighted by Gasteiger charge is 2.32. The van der Waals surface area contributed by atoms with E-state index in [1.165, 1.54) is 44.9 Å². The second-order valence-electron chi connectivity index (χ2n) is 5.72. The van der Waals surface area contributed by atoms with Gasteiger partial charge in [0.25, 0.3) is 0 Å². The fraction of sp³-hybridized carbons (Fsp3) is 0.929. The summed E-state index contributed by atoms with van der Waals surface area (Å²) in [6.45, 7) is 0.708. The minimum absolute atomic E-state index is 0.236. The highest BCUT2D eigenvalue weighted by Crippen LogP contribution is 2.33. The van der Waals surface area contributed by atoms with Crippen molar-refractivity contribution in [3.63, 3.8) is 0 Å². The Bertz CT molecular complexity index is 245. The molecule has 1 unspecified atom stereocenters. The van der Waals surface area contributed by atoms with E-state index in [2.05, 4.69) is 5.32 Å². The molecule has 2 aliphatic carbocycles. The molecule has 0 bridgehead atoms. The first kappa shape index (κ1) is 12.9. The van der Waals surface area contributed by atoms with Crippen LogP contribution in [0.4, 0.5) is 0 Å². The van der Waals surface area contributed by atoms with E-state index in [0.717, 1.165) is 12.8 Å². The molecule has 2 aliphatic rings. The van der Waals surface area contributed by atoms with Crippen LogP contribution in [0.3, 0.4) is 0 Å². The van der Waals surface area contributed by atoms with Gasteiger partial charge in [0, 0.05) is 12.0 Å². The maximum Gasteiger partial charge on any atom is 0.223 e. The average molecular weight is 238 g/mol. The molecule has 0 saturated heterocycles. The number of nitrogens with two attached hydrogens (primary N) is 1. The Morgan fingerprint density at radius 2 is 1.88 bits per heavy atom. The first-order chi connectivity index (χ1) is 8.31. The van der Waals surface area contributed by atoms with E-state index in [1.54, 1.807) is 0 Å². The first-order valence-corrected chi connectivity index (χ1v) is 7.31. The summed E-state index contributed by atoms with van der Waals surface area (Å²) in [7, 11) is 0. The van der Waals surface area contributed by atoms with E-state index in [4.69, 9.17) is 5.73 Å². The van der Waals surface area contributed by atoms with Gasteiger partial charge in [0.15, 0.2) is 0 Å². The van der Waals surface area contributed by atoms with Crippen LogP contribution in [0.15, 0.2) is 0 Å². The second kappa shape index (κ2) is 6.39. The number of carbonyl (C=O) groups excluding carboxylic acids is 1. The SMILES string of the molecule is NCCCC(C(=O)NC1CC1)C1CCCCC1. The number of nitrogens with one attached hydrogen (secondary N) is 1. The van der Waals surface area contributed by atoms with Crippen molar-refractivity contribution >= 4 is 5.91 Å². The quantitative estimate of drug-likeness (QED) is 0.745. The van der Waals surface area contributed by atoms with E-state index in [0.29, 0.717) is 24.4 Å². The molecule has 3 nitrogen and oxygen atoms in total. The lowest BCUT2D eigenvalue weighted by Crippen LogP contribution is -2.37. The summed E-state index contributed by atoms with van der Waals surface area (Å²) in [5, 5.41) is 3.18. The Morgan fingerprint density at radius 3 is 2.47 bits per heavy atom. The summed E-state index contributed by atoms with van der Waals surface area (Å²) in [6.07, 6.45) is 10.8. The fourth-order valence-corrected chi connectivity index (χ4v) is 2.99. The van der Waals surface area contributed by atoms with Gasteiger partial charge in [0.05, 0.1) is 0 Å². The Morgan fingerprint density at radius 1 is 1.18 bits per heavy atom. The molecule has 17 heavy (non-hydrogen) atoms. The third kappa shape index (κ3) is 3.98. The number of rotatable bonds is 6. The van der Waals surface area contributed by atoms with Crippen molar-refractivity contribution < 1.29 is 4.79 Å². The Labute approximate surface area is 105 Å². The van der Waals surface area contributed by atoms with Crippen LogP contribution in [-0.4, -0.2) is 18.5 Å². The molecule has 0 heterocycles. The minimum atomic E-state index is 0.236.